The van der Waals surface area contributed by atoms with Gasteiger partial charge in [-0.05, 0) is 31.8 Å². The van der Waals surface area contributed by atoms with Crippen LogP contribution in [-0.2, 0) is 6.54 Å². The van der Waals surface area contributed by atoms with Crippen LogP contribution in [0.3, 0.4) is 0 Å². The fourth-order valence-corrected chi connectivity index (χ4v) is 1.95. The van der Waals surface area contributed by atoms with Crippen LogP contribution in [0.15, 0.2) is 42.5 Å². The first kappa shape index (κ1) is 14.9. The number of nitriles is 1. The number of hydrogen-bond donors (Lipinski definition) is 0. The first-order valence-corrected chi connectivity index (χ1v) is 6.86. The molecule has 1 heterocycles. The van der Waals surface area contributed by atoms with Crippen molar-refractivity contribution in [2.45, 2.75) is 6.54 Å². The summed E-state index contributed by atoms with van der Waals surface area (Å²) in [6.07, 6.45) is 0. The van der Waals surface area contributed by atoms with Gasteiger partial charge in [0.25, 0.3) is 0 Å². The van der Waals surface area contributed by atoms with E-state index in [1.807, 2.05) is 44.4 Å². The first-order chi connectivity index (χ1) is 10.2. The van der Waals surface area contributed by atoms with Gasteiger partial charge in [-0.25, -0.2) is 0 Å². The lowest BCUT2D eigenvalue weighted by atomic mass is 10.2. The maximum absolute atomic E-state index is 8.81. The average molecular weight is 281 g/mol. The predicted octanol–water partition coefficient (Wildman–Crippen LogP) is 1.92. The normalized spacial score (nSPS) is 10.4. The van der Waals surface area contributed by atoms with Crippen molar-refractivity contribution in [2.75, 3.05) is 32.1 Å². The molecule has 5 heteroatoms. The number of anilines is 1. The lowest BCUT2D eigenvalue weighted by molar-refractivity contribution is 0.412. The van der Waals surface area contributed by atoms with Crippen molar-refractivity contribution >= 4 is 5.82 Å². The van der Waals surface area contributed by atoms with Crippen LogP contribution in [0.5, 0.6) is 0 Å². The summed E-state index contributed by atoms with van der Waals surface area (Å²) in [5.41, 5.74) is 1.56. The third-order valence-electron chi connectivity index (χ3n) is 3.12. The van der Waals surface area contributed by atoms with E-state index in [0.717, 1.165) is 25.5 Å². The van der Waals surface area contributed by atoms with Gasteiger partial charge in [-0.3, -0.25) is 0 Å². The molecule has 0 spiro atoms. The second-order valence-corrected chi connectivity index (χ2v) is 5.10. The summed E-state index contributed by atoms with van der Waals surface area (Å²) in [5.74, 6) is 0.791. The van der Waals surface area contributed by atoms with Crippen molar-refractivity contribution in [2.24, 2.45) is 0 Å². The van der Waals surface area contributed by atoms with E-state index in [9.17, 15) is 0 Å². The molecule has 0 atom stereocenters. The molecular formula is C16H19N5. The van der Waals surface area contributed by atoms with E-state index in [2.05, 4.69) is 32.1 Å². The summed E-state index contributed by atoms with van der Waals surface area (Å²) in [6, 6.07) is 15.8. The van der Waals surface area contributed by atoms with Gasteiger partial charge < -0.3 is 9.80 Å². The summed E-state index contributed by atoms with van der Waals surface area (Å²) < 4.78 is 0. The van der Waals surface area contributed by atoms with Crippen molar-refractivity contribution in [3.05, 3.63) is 53.7 Å². The molecule has 1 aromatic heterocycles. The summed E-state index contributed by atoms with van der Waals surface area (Å²) in [4.78, 5) is 4.30. The molecule has 21 heavy (non-hydrogen) atoms. The molecule has 0 aliphatic carbocycles. The van der Waals surface area contributed by atoms with Gasteiger partial charge in [-0.1, -0.05) is 30.3 Å². The van der Waals surface area contributed by atoms with Crippen LogP contribution in [0.4, 0.5) is 5.82 Å². The van der Waals surface area contributed by atoms with E-state index >= 15 is 0 Å². The number of rotatable bonds is 6. The van der Waals surface area contributed by atoms with Gasteiger partial charge in [-0.2, -0.15) is 5.26 Å². The summed E-state index contributed by atoms with van der Waals surface area (Å²) >= 11 is 0. The van der Waals surface area contributed by atoms with Gasteiger partial charge in [0, 0.05) is 19.6 Å². The van der Waals surface area contributed by atoms with E-state index in [1.54, 1.807) is 6.07 Å². The van der Waals surface area contributed by atoms with Crippen molar-refractivity contribution in [1.82, 2.24) is 15.1 Å². The van der Waals surface area contributed by atoms with Crippen molar-refractivity contribution in [3.8, 4) is 6.07 Å². The first-order valence-electron chi connectivity index (χ1n) is 6.86. The molecule has 0 saturated heterocycles. The Morgan fingerprint density at radius 1 is 1.00 bits per heavy atom. The molecule has 2 aromatic rings. The van der Waals surface area contributed by atoms with E-state index in [4.69, 9.17) is 5.26 Å². The highest BCUT2D eigenvalue weighted by molar-refractivity contribution is 5.40. The van der Waals surface area contributed by atoms with E-state index in [1.165, 1.54) is 5.56 Å². The summed E-state index contributed by atoms with van der Waals surface area (Å²) in [7, 11) is 4.09. The minimum absolute atomic E-state index is 0.339. The second-order valence-electron chi connectivity index (χ2n) is 5.10. The topological polar surface area (TPSA) is 56.0 Å². The van der Waals surface area contributed by atoms with Crippen LogP contribution >= 0.6 is 0 Å². The Labute approximate surface area is 125 Å². The van der Waals surface area contributed by atoms with E-state index in [-0.39, 0.29) is 0 Å². The third-order valence-corrected chi connectivity index (χ3v) is 3.12. The number of hydrogen-bond acceptors (Lipinski definition) is 5. The van der Waals surface area contributed by atoms with Crippen molar-refractivity contribution in [1.29, 1.82) is 5.26 Å². The second kappa shape index (κ2) is 7.36. The maximum atomic E-state index is 8.81. The number of nitrogens with zero attached hydrogens (tertiary/aromatic N) is 5. The quantitative estimate of drug-likeness (QED) is 0.809. The van der Waals surface area contributed by atoms with Crippen molar-refractivity contribution < 1.29 is 0 Å². The molecule has 1 aromatic carbocycles. The van der Waals surface area contributed by atoms with Crippen LogP contribution in [0, 0.1) is 11.3 Å². The van der Waals surface area contributed by atoms with Crippen molar-refractivity contribution in [3.63, 3.8) is 0 Å². The monoisotopic (exact) mass is 281 g/mol. The van der Waals surface area contributed by atoms with Gasteiger partial charge >= 0.3 is 0 Å². The Morgan fingerprint density at radius 3 is 2.33 bits per heavy atom. The molecule has 0 bridgehead atoms. The SMILES string of the molecule is CN(C)CCN(Cc1ccccc1)c1ccc(C#N)nn1. The Kier molecular flexibility index (Phi) is 5.24. The molecule has 0 aliphatic rings. The minimum atomic E-state index is 0.339. The highest BCUT2D eigenvalue weighted by Crippen LogP contribution is 2.13. The smallest absolute Gasteiger partial charge is 0.163 e. The summed E-state index contributed by atoms with van der Waals surface area (Å²) in [5, 5.41) is 16.9. The van der Waals surface area contributed by atoms with Crippen LogP contribution in [0.25, 0.3) is 0 Å². The van der Waals surface area contributed by atoms with Gasteiger partial charge in [-0.15, -0.1) is 10.2 Å². The molecule has 2 rings (SSSR count). The predicted molar refractivity (Wildman–Crippen MR) is 82.8 cm³/mol. The Bertz CT molecular complexity index is 586. The maximum Gasteiger partial charge on any atom is 0.163 e. The van der Waals surface area contributed by atoms with Crippen LogP contribution in [0.2, 0.25) is 0 Å². The van der Waals surface area contributed by atoms with Gasteiger partial charge in [0.2, 0.25) is 0 Å². The molecule has 0 unspecified atom stereocenters. The van der Waals surface area contributed by atoms with E-state index in [0.29, 0.717) is 5.69 Å². The molecular weight excluding hydrogens is 262 g/mol. The zero-order valence-electron chi connectivity index (χ0n) is 12.4. The zero-order chi connectivity index (χ0) is 15.1. The highest BCUT2D eigenvalue weighted by atomic mass is 15.3. The largest absolute Gasteiger partial charge is 0.350 e. The molecule has 0 amide bonds. The standard InChI is InChI=1S/C16H19N5/c1-20(2)10-11-21(13-14-6-4-3-5-7-14)16-9-8-15(12-17)18-19-16/h3-9H,10-11,13H2,1-2H3. The van der Waals surface area contributed by atoms with E-state index < -0.39 is 0 Å². The lowest BCUT2D eigenvalue weighted by Gasteiger charge is -2.25. The zero-order valence-corrected chi connectivity index (χ0v) is 12.4. The van der Waals surface area contributed by atoms with Gasteiger partial charge in [0.1, 0.15) is 6.07 Å². The molecule has 0 radical (unpaired) electrons. The average Bonchev–Trinajstić information content (AvgIpc) is 2.52. The van der Waals surface area contributed by atoms with Gasteiger partial charge in [0.15, 0.2) is 11.5 Å². The molecule has 0 N–H and O–H groups in total. The van der Waals surface area contributed by atoms with Gasteiger partial charge in [0.05, 0.1) is 0 Å². The fourth-order valence-electron chi connectivity index (χ4n) is 1.95. The fraction of sp³-hybridized carbons (Fsp3) is 0.312. The number of benzene rings is 1. The van der Waals surface area contributed by atoms with Crippen LogP contribution in [0.1, 0.15) is 11.3 Å². The van der Waals surface area contributed by atoms with Crippen LogP contribution < -0.4 is 4.90 Å². The molecule has 5 nitrogen and oxygen atoms in total. The number of likely N-dealkylation sites (N-methyl/N-ethyl adjacent to an activating group) is 1. The Balaban J connectivity index is 2.16. The number of aromatic nitrogens is 2. The third kappa shape index (κ3) is 4.55. The minimum Gasteiger partial charge on any atom is -0.350 e. The molecule has 0 fully saturated rings. The Hall–Kier alpha value is -2.45. The molecule has 108 valence electrons. The molecule has 0 aliphatic heterocycles. The summed E-state index contributed by atoms with van der Waals surface area (Å²) in [6.45, 7) is 2.55. The Morgan fingerprint density at radius 2 is 1.76 bits per heavy atom. The molecule has 0 saturated carbocycles. The highest BCUT2D eigenvalue weighted by Gasteiger charge is 2.10. The lowest BCUT2D eigenvalue weighted by Crippen LogP contribution is -2.32. The van der Waals surface area contributed by atoms with Crippen LogP contribution in [-0.4, -0.2) is 42.3 Å².